The van der Waals surface area contributed by atoms with E-state index in [9.17, 15) is 0 Å². The predicted molar refractivity (Wildman–Crippen MR) is 71.5 cm³/mol. The van der Waals surface area contributed by atoms with Gasteiger partial charge in [0.05, 0.1) is 12.7 Å². The summed E-state index contributed by atoms with van der Waals surface area (Å²) < 4.78 is 6.00. The molecule has 1 saturated heterocycles. The van der Waals surface area contributed by atoms with Crippen molar-refractivity contribution in [1.29, 1.82) is 0 Å². The van der Waals surface area contributed by atoms with Gasteiger partial charge in [-0.05, 0) is 18.9 Å². The molecular formula is C14H20ClNO. The second-order valence-corrected chi connectivity index (χ2v) is 5.10. The molecule has 0 bridgehead atoms. The zero-order valence-corrected chi connectivity index (χ0v) is 11.3. The molecule has 1 aromatic rings. The van der Waals surface area contributed by atoms with Crippen LogP contribution in [0.5, 0.6) is 0 Å². The summed E-state index contributed by atoms with van der Waals surface area (Å²) in [6, 6.07) is 7.91. The molecule has 2 nitrogen and oxygen atoms in total. The Morgan fingerprint density at radius 3 is 2.59 bits per heavy atom. The predicted octanol–water partition coefficient (Wildman–Crippen LogP) is 3.56. The van der Waals surface area contributed by atoms with Gasteiger partial charge in [-0.1, -0.05) is 43.6 Å². The molecule has 0 saturated carbocycles. The van der Waals surface area contributed by atoms with Crippen molar-refractivity contribution in [3.8, 4) is 0 Å². The van der Waals surface area contributed by atoms with E-state index in [2.05, 4.69) is 19.2 Å². The lowest BCUT2D eigenvalue weighted by molar-refractivity contribution is -0.0374. The number of ether oxygens (including phenoxy) is 1. The van der Waals surface area contributed by atoms with Gasteiger partial charge in [0.1, 0.15) is 0 Å². The number of morpholine rings is 1. The summed E-state index contributed by atoms with van der Waals surface area (Å²) in [7, 11) is 0. The van der Waals surface area contributed by atoms with Crippen LogP contribution in [0, 0.1) is 0 Å². The first-order valence-electron chi connectivity index (χ1n) is 6.32. The molecule has 94 valence electrons. The van der Waals surface area contributed by atoms with E-state index in [0.717, 1.165) is 36.6 Å². The summed E-state index contributed by atoms with van der Waals surface area (Å²) >= 11 is 6.19. The Bertz CT molecular complexity index is 366. The Balaban J connectivity index is 2.07. The average molecular weight is 254 g/mol. The van der Waals surface area contributed by atoms with Crippen molar-refractivity contribution in [2.75, 3.05) is 13.2 Å². The number of benzene rings is 1. The van der Waals surface area contributed by atoms with Gasteiger partial charge in [-0.25, -0.2) is 0 Å². The molecule has 1 aromatic carbocycles. The smallest absolute Gasteiger partial charge is 0.0964 e. The maximum Gasteiger partial charge on any atom is 0.0964 e. The normalized spacial score (nSPS) is 23.6. The molecule has 1 fully saturated rings. The van der Waals surface area contributed by atoms with Gasteiger partial charge < -0.3 is 10.1 Å². The summed E-state index contributed by atoms with van der Waals surface area (Å²) in [5, 5.41) is 4.42. The molecule has 2 rings (SSSR count). The van der Waals surface area contributed by atoms with Crippen molar-refractivity contribution in [3.05, 3.63) is 34.9 Å². The highest BCUT2D eigenvalue weighted by molar-refractivity contribution is 6.31. The van der Waals surface area contributed by atoms with Crippen LogP contribution in [0.2, 0.25) is 5.02 Å². The molecule has 1 aliphatic heterocycles. The summed E-state index contributed by atoms with van der Waals surface area (Å²) in [6.45, 7) is 6.01. The Hall–Kier alpha value is -0.570. The van der Waals surface area contributed by atoms with Crippen LogP contribution in [0.1, 0.15) is 38.4 Å². The largest absolute Gasteiger partial charge is 0.370 e. The van der Waals surface area contributed by atoms with Crippen molar-refractivity contribution in [2.24, 2.45) is 0 Å². The molecule has 1 aliphatic rings. The van der Waals surface area contributed by atoms with E-state index in [1.807, 2.05) is 24.3 Å². The van der Waals surface area contributed by atoms with Gasteiger partial charge in [0, 0.05) is 22.7 Å². The minimum atomic E-state index is 0.0786. The van der Waals surface area contributed by atoms with E-state index in [1.165, 1.54) is 0 Å². The quantitative estimate of drug-likeness (QED) is 0.889. The van der Waals surface area contributed by atoms with E-state index in [1.54, 1.807) is 0 Å². The molecule has 1 atom stereocenters. The van der Waals surface area contributed by atoms with Crippen LogP contribution >= 0.6 is 11.6 Å². The van der Waals surface area contributed by atoms with E-state index in [4.69, 9.17) is 16.3 Å². The lowest BCUT2D eigenvalue weighted by atomic mass is 9.91. The van der Waals surface area contributed by atoms with Crippen LogP contribution in [0.4, 0.5) is 0 Å². The van der Waals surface area contributed by atoms with Gasteiger partial charge in [-0.15, -0.1) is 0 Å². The van der Waals surface area contributed by atoms with Crippen LogP contribution < -0.4 is 5.32 Å². The lowest BCUT2D eigenvalue weighted by Gasteiger charge is -2.40. The molecular weight excluding hydrogens is 234 g/mol. The highest BCUT2D eigenvalue weighted by Gasteiger charge is 2.33. The molecule has 17 heavy (non-hydrogen) atoms. The monoisotopic (exact) mass is 253 g/mol. The third-order valence-corrected chi connectivity index (χ3v) is 4.17. The van der Waals surface area contributed by atoms with Crippen LogP contribution in [0.3, 0.4) is 0 Å². The van der Waals surface area contributed by atoms with Crippen molar-refractivity contribution in [3.63, 3.8) is 0 Å². The second kappa shape index (κ2) is 5.38. The summed E-state index contributed by atoms with van der Waals surface area (Å²) in [6.07, 6.45) is 2.27. The molecule has 3 heteroatoms. The summed E-state index contributed by atoms with van der Waals surface area (Å²) in [4.78, 5) is 0. The third kappa shape index (κ3) is 2.65. The van der Waals surface area contributed by atoms with Gasteiger partial charge in [0.25, 0.3) is 0 Å². The molecule has 1 heterocycles. The first kappa shape index (κ1) is 12.9. The summed E-state index contributed by atoms with van der Waals surface area (Å²) in [5.74, 6) is 0. The van der Waals surface area contributed by atoms with Crippen LogP contribution in [0.15, 0.2) is 24.3 Å². The Labute approximate surface area is 108 Å². The maximum absolute atomic E-state index is 6.19. The third-order valence-electron chi connectivity index (χ3n) is 3.83. The standard InChI is InChI=1S/C14H20ClNO/c1-3-14(4-2)10-17-13(9-16-14)11-7-5-6-8-12(11)15/h5-8,13,16H,3-4,9-10H2,1-2H3. The van der Waals surface area contributed by atoms with Crippen molar-refractivity contribution in [2.45, 2.75) is 38.3 Å². The number of hydrogen-bond acceptors (Lipinski definition) is 2. The van der Waals surface area contributed by atoms with E-state index in [0.29, 0.717) is 0 Å². The maximum atomic E-state index is 6.19. The molecule has 1 unspecified atom stereocenters. The highest BCUT2D eigenvalue weighted by atomic mass is 35.5. The van der Waals surface area contributed by atoms with E-state index < -0.39 is 0 Å². The first-order valence-corrected chi connectivity index (χ1v) is 6.69. The number of rotatable bonds is 3. The number of nitrogens with one attached hydrogen (secondary N) is 1. The van der Waals surface area contributed by atoms with Gasteiger partial charge >= 0.3 is 0 Å². The Kier molecular flexibility index (Phi) is 4.08. The van der Waals surface area contributed by atoms with Gasteiger partial charge in [-0.2, -0.15) is 0 Å². The number of hydrogen-bond donors (Lipinski definition) is 1. The van der Waals surface area contributed by atoms with Crippen LogP contribution in [-0.2, 0) is 4.74 Å². The van der Waals surface area contributed by atoms with E-state index >= 15 is 0 Å². The minimum absolute atomic E-state index is 0.0786. The van der Waals surface area contributed by atoms with Gasteiger partial charge in [0.2, 0.25) is 0 Å². The molecule has 0 radical (unpaired) electrons. The van der Waals surface area contributed by atoms with Crippen LogP contribution in [-0.4, -0.2) is 18.7 Å². The van der Waals surface area contributed by atoms with Crippen molar-refractivity contribution in [1.82, 2.24) is 5.32 Å². The van der Waals surface area contributed by atoms with E-state index in [-0.39, 0.29) is 11.6 Å². The summed E-state index contributed by atoms with van der Waals surface area (Å²) in [5.41, 5.74) is 1.24. The zero-order valence-electron chi connectivity index (χ0n) is 10.5. The average Bonchev–Trinajstić information content (AvgIpc) is 2.40. The van der Waals surface area contributed by atoms with Crippen molar-refractivity contribution < 1.29 is 4.74 Å². The topological polar surface area (TPSA) is 21.3 Å². The SMILES string of the molecule is CCC1(CC)COC(c2ccccc2Cl)CN1. The highest BCUT2D eigenvalue weighted by Crippen LogP contribution is 2.30. The van der Waals surface area contributed by atoms with Gasteiger partial charge in [-0.3, -0.25) is 0 Å². The first-order chi connectivity index (χ1) is 8.21. The van der Waals surface area contributed by atoms with Crippen LogP contribution in [0.25, 0.3) is 0 Å². The fourth-order valence-corrected chi connectivity index (χ4v) is 2.58. The molecule has 1 N–H and O–H groups in total. The fraction of sp³-hybridized carbons (Fsp3) is 0.571. The fourth-order valence-electron chi connectivity index (χ4n) is 2.32. The molecule has 0 spiro atoms. The lowest BCUT2D eigenvalue weighted by Crippen LogP contribution is -2.54. The Morgan fingerprint density at radius 2 is 2.06 bits per heavy atom. The second-order valence-electron chi connectivity index (χ2n) is 4.69. The Morgan fingerprint density at radius 1 is 1.35 bits per heavy atom. The molecule has 0 amide bonds. The minimum Gasteiger partial charge on any atom is -0.370 e. The van der Waals surface area contributed by atoms with Gasteiger partial charge in [0.15, 0.2) is 0 Å². The zero-order chi connectivity index (χ0) is 12.3. The van der Waals surface area contributed by atoms with Crippen molar-refractivity contribution >= 4 is 11.6 Å². The molecule has 0 aliphatic carbocycles. The molecule has 0 aromatic heterocycles. The number of halogens is 1.